The van der Waals surface area contributed by atoms with Crippen LogP contribution in [0.1, 0.15) is 16.2 Å². The third-order valence-electron chi connectivity index (χ3n) is 2.10. The van der Waals surface area contributed by atoms with Gasteiger partial charge in [0.1, 0.15) is 0 Å². The van der Waals surface area contributed by atoms with Gasteiger partial charge in [0.2, 0.25) is 0 Å². The van der Waals surface area contributed by atoms with Crippen LogP contribution in [0, 0.1) is 0 Å². The van der Waals surface area contributed by atoms with Crippen molar-refractivity contribution in [2.75, 3.05) is 0 Å². The first-order chi connectivity index (χ1) is 7.16. The summed E-state index contributed by atoms with van der Waals surface area (Å²) in [5, 5.41) is 12.6. The second kappa shape index (κ2) is 3.56. The van der Waals surface area contributed by atoms with Gasteiger partial charge in [0.25, 0.3) is 0 Å². The molecule has 0 aliphatic heterocycles. The zero-order valence-electron chi connectivity index (χ0n) is 8.16. The Bertz CT molecular complexity index is 486. The number of carboxylic acids is 1. The van der Waals surface area contributed by atoms with E-state index in [9.17, 15) is 4.79 Å². The average molecular weight is 206 g/mol. The Balaban J connectivity index is 2.18. The van der Waals surface area contributed by atoms with E-state index >= 15 is 0 Å². The molecule has 6 heteroatoms. The number of carbonyl (C=O) groups is 1. The van der Waals surface area contributed by atoms with Crippen molar-refractivity contribution in [2.45, 2.75) is 6.54 Å². The van der Waals surface area contributed by atoms with Crippen molar-refractivity contribution in [3.8, 4) is 0 Å². The van der Waals surface area contributed by atoms with Gasteiger partial charge in [0.15, 0.2) is 5.69 Å². The molecule has 0 aliphatic rings. The number of hydrogen-bond donors (Lipinski definition) is 1. The average Bonchev–Trinajstić information content (AvgIpc) is 2.77. The second-order valence-electron chi connectivity index (χ2n) is 3.20. The molecule has 6 nitrogen and oxygen atoms in total. The SMILES string of the molecule is Cn1cncc1Cn1ccc(C(=O)O)n1. The van der Waals surface area contributed by atoms with E-state index in [0.717, 1.165) is 5.69 Å². The maximum Gasteiger partial charge on any atom is 0.356 e. The standard InChI is InChI=1S/C9H10N4O2/c1-12-6-10-4-7(12)5-13-3-2-8(11-13)9(14)15/h2-4,6H,5H2,1H3,(H,14,15). The lowest BCUT2D eigenvalue weighted by Crippen LogP contribution is -2.06. The van der Waals surface area contributed by atoms with Crippen LogP contribution < -0.4 is 0 Å². The fraction of sp³-hybridized carbons (Fsp3) is 0.222. The number of rotatable bonds is 3. The van der Waals surface area contributed by atoms with Crippen LogP contribution in [0.4, 0.5) is 0 Å². The highest BCUT2D eigenvalue weighted by atomic mass is 16.4. The molecule has 0 fully saturated rings. The van der Waals surface area contributed by atoms with Crippen LogP contribution in [0.25, 0.3) is 0 Å². The fourth-order valence-corrected chi connectivity index (χ4v) is 1.27. The maximum atomic E-state index is 10.6. The first-order valence-electron chi connectivity index (χ1n) is 4.39. The summed E-state index contributed by atoms with van der Waals surface area (Å²) in [7, 11) is 1.88. The molecular formula is C9H10N4O2. The number of hydrogen-bond acceptors (Lipinski definition) is 3. The summed E-state index contributed by atoms with van der Waals surface area (Å²) in [5.41, 5.74) is 1.02. The molecule has 0 spiro atoms. The van der Waals surface area contributed by atoms with Crippen LogP contribution in [0.3, 0.4) is 0 Å². The van der Waals surface area contributed by atoms with E-state index in [0.29, 0.717) is 6.54 Å². The number of aromatic carboxylic acids is 1. The molecule has 2 heterocycles. The lowest BCUT2D eigenvalue weighted by molar-refractivity contribution is 0.0689. The van der Waals surface area contributed by atoms with Gasteiger partial charge in [-0.1, -0.05) is 0 Å². The molecule has 1 N–H and O–H groups in total. The van der Waals surface area contributed by atoms with Gasteiger partial charge in [0, 0.05) is 13.2 Å². The van der Waals surface area contributed by atoms with Crippen LogP contribution in [0.15, 0.2) is 24.8 Å². The van der Waals surface area contributed by atoms with Gasteiger partial charge in [-0.05, 0) is 6.07 Å². The van der Waals surface area contributed by atoms with E-state index in [1.54, 1.807) is 23.4 Å². The van der Waals surface area contributed by atoms with Crippen LogP contribution in [0.5, 0.6) is 0 Å². The van der Waals surface area contributed by atoms with E-state index in [-0.39, 0.29) is 5.69 Å². The molecule has 0 atom stereocenters. The lowest BCUT2D eigenvalue weighted by Gasteiger charge is -2.01. The summed E-state index contributed by atoms with van der Waals surface area (Å²) >= 11 is 0. The van der Waals surface area contributed by atoms with E-state index < -0.39 is 5.97 Å². The molecule has 78 valence electrons. The molecular weight excluding hydrogens is 196 g/mol. The summed E-state index contributed by atoms with van der Waals surface area (Å²) in [6.07, 6.45) is 5.05. The van der Waals surface area contributed by atoms with Crippen LogP contribution in [-0.4, -0.2) is 30.4 Å². The van der Waals surface area contributed by atoms with Crippen LogP contribution in [-0.2, 0) is 13.6 Å². The molecule has 15 heavy (non-hydrogen) atoms. The quantitative estimate of drug-likeness (QED) is 0.787. The van der Waals surface area contributed by atoms with Crippen molar-refractivity contribution in [1.29, 1.82) is 0 Å². The van der Waals surface area contributed by atoms with Crippen molar-refractivity contribution >= 4 is 5.97 Å². The van der Waals surface area contributed by atoms with Gasteiger partial charge in [-0.2, -0.15) is 5.10 Å². The van der Waals surface area contributed by atoms with Crippen LogP contribution >= 0.6 is 0 Å². The van der Waals surface area contributed by atoms with Gasteiger partial charge in [0.05, 0.1) is 24.8 Å². The molecule has 0 saturated carbocycles. The minimum Gasteiger partial charge on any atom is -0.476 e. The predicted molar refractivity (Wildman–Crippen MR) is 51.5 cm³/mol. The number of aromatic nitrogens is 4. The summed E-state index contributed by atoms with van der Waals surface area (Å²) in [5.74, 6) is -1.02. The molecule has 0 unspecified atom stereocenters. The first-order valence-corrected chi connectivity index (χ1v) is 4.39. The highest BCUT2D eigenvalue weighted by Gasteiger charge is 2.07. The Kier molecular flexibility index (Phi) is 2.24. The molecule has 2 rings (SSSR count). The maximum absolute atomic E-state index is 10.6. The highest BCUT2D eigenvalue weighted by molar-refractivity contribution is 5.85. The van der Waals surface area contributed by atoms with Crippen molar-refractivity contribution in [1.82, 2.24) is 19.3 Å². The molecule has 0 saturated heterocycles. The normalized spacial score (nSPS) is 10.5. The monoisotopic (exact) mass is 206 g/mol. The molecule has 0 aliphatic carbocycles. The zero-order chi connectivity index (χ0) is 10.8. The van der Waals surface area contributed by atoms with Crippen molar-refractivity contribution in [2.24, 2.45) is 7.05 Å². The van der Waals surface area contributed by atoms with Gasteiger partial charge in [-0.3, -0.25) is 4.68 Å². The third-order valence-corrected chi connectivity index (χ3v) is 2.10. The van der Waals surface area contributed by atoms with Gasteiger partial charge in [-0.15, -0.1) is 0 Å². The van der Waals surface area contributed by atoms with Gasteiger partial charge < -0.3 is 9.67 Å². The highest BCUT2D eigenvalue weighted by Crippen LogP contribution is 2.01. The topological polar surface area (TPSA) is 72.9 Å². The van der Waals surface area contributed by atoms with Crippen molar-refractivity contribution in [3.63, 3.8) is 0 Å². The number of aryl methyl sites for hydroxylation is 1. The van der Waals surface area contributed by atoms with Gasteiger partial charge in [-0.25, -0.2) is 9.78 Å². The largest absolute Gasteiger partial charge is 0.476 e. The Morgan fingerprint density at radius 1 is 1.60 bits per heavy atom. The smallest absolute Gasteiger partial charge is 0.356 e. The van der Waals surface area contributed by atoms with E-state index in [1.807, 2.05) is 11.6 Å². The molecule has 0 radical (unpaired) electrons. The Hall–Kier alpha value is -2.11. The third kappa shape index (κ3) is 1.88. The number of carboxylic acid groups (broad SMARTS) is 1. The molecule has 0 amide bonds. The summed E-state index contributed by atoms with van der Waals surface area (Å²) in [6, 6.07) is 1.47. The van der Waals surface area contributed by atoms with Gasteiger partial charge >= 0.3 is 5.97 Å². The lowest BCUT2D eigenvalue weighted by atomic mass is 10.4. The summed E-state index contributed by atoms with van der Waals surface area (Å²) in [6.45, 7) is 0.518. The predicted octanol–water partition coefficient (Wildman–Crippen LogP) is 0.363. The molecule has 0 bridgehead atoms. The molecule has 2 aromatic rings. The van der Waals surface area contributed by atoms with E-state index in [4.69, 9.17) is 5.11 Å². The first kappa shape index (κ1) is 9.45. The Morgan fingerprint density at radius 3 is 2.93 bits per heavy atom. The summed E-state index contributed by atoms with van der Waals surface area (Å²) < 4.78 is 3.43. The van der Waals surface area contributed by atoms with Crippen LogP contribution in [0.2, 0.25) is 0 Å². The van der Waals surface area contributed by atoms with Crippen molar-refractivity contribution in [3.05, 3.63) is 36.2 Å². The Morgan fingerprint density at radius 2 is 2.40 bits per heavy atom. The van der Waals surface area contributed by atoms with E-state index in [2.05, 4.69) is 10.1 Å². The van der Waals surface area contributed by atoms with Crippen molar-refractivity contribution < 1.29 is 9.90 Å². The summed E-state index contributed by atoms with van der Waals surface area (Å²) in [4.78, 5) is 14.6. The minimum atomic E-state index is -1.02. The molecule has 0 aromatic carbocycles. The molecule has 2 aromatic heterocycles. The van der Waals surface area contributed by atoms with E-state index in [1.165, 1.54) is 6.07 Å². The fourth-order valence-electron chi connectivity index (χ4n) is 1.27. The Labute approximate surface area is 85.8 Å². The minimum absolute atomic E-state index is 0.0529. The second-order valence-corrected chi connectivity index (χ2v) is 3.20. The zero-order valence-corrected chi connectivity index (χ0v) is 8.16. The number of nitrogens with zero attached hydrogens (tertiary/aromatic N) is 4. The number of imidazole rings is 1.